The van der Waals surface area contributed by atoms with Gasteiger partial charge in [0, 0.05) is 12.3 Å². The lowest BCUT2D eigenvalue weighted by molar-refractivity contribution is 0.0925. The molecule has 0 aliphatic heterocycles. The molecule has 1 aromatic carbocycles. The van der Waals surface area contributed by atoms with E-state index < -0.39 is 0 Å². The van der Waals surface area contributed by atoms with Crippen molar-refractivity contribution >= 4 is 18.1 Å². The average molecular weight is 320 g/mol. The van der Waals surface area contributed by atoms with Crippen LogP contribution in [0.25, 0.3) is 0 Å². The number of rotatable bonds is 6. The quantitative estimate of drug-likeness (QED) is 0.801. The Morgan fingerprint density at radius 3 is 2.91 bits per heavy atom. The third-order valence-electron chi connectivity index (χ3n) is 3.11. The predicted octanol–water partition coefficient (Wildman–Crippen LogP) is 3.47. The zero-order valence-corrected chi connectivity index (χ0v) is 13.0. The van der Waals surface area contributed by atoms with Gasteiger partial charge in [-0.05, 0) is 30.7 Å². The summed E-state index contributed by atoms with van der Waals surface area (Å²) in [4.78, 5) is 14.9. The van der Waals surface area contributed by atoms with Gasteiger partial charge in [0.15, 0.2) is 0 Å². The molecule has 116 valence electrons. The predicted molar refractivity (Wildman–Crippen MR) is 85.1 cm³/mol. The Morgan fingerprint density at radius 2 is 2.23 bits per heavy atom. The zero-order valence-electron chi connectivity index (χ0n) is 12.1. The van der Waals surface area contributed by atoms with Crippen LogP contribution in [0.15, 0.2) is 42.6 Å². The molecule has 6 heteroatoms. The first-order valence-electron chi connectivity index (χ1n) is 6.98. The van der Waals surface area contributed by atoms with E-state index in [1.165, 1.54) is 12.1 Å². The summed E-state index contributed by atoms with van der Waals surface area (Å²) in [6.45, 7) is 2.25. The summed E-state index contributed by atoms with van der Waals surface area (Å²) in [5.74, 6) is -0.173. The number of benzene rings is 1. The van der Waals surface area contributed by atoms with Gasteiger partial charge < -0.3 is 15.0 Å². The monoisotopic (exact) mass is 320 g/mol. The van der Waals surface area contributed by atoms with Crippen molar-refractivity contribution in [2.45, 2.75) is 19.4 Å². The molecule has 0 spiro atoms. The van der Waals surface area contributed by atoms with Gasteiger partial charge in [0.25, 0.3) is 5.91 Å². The van der Waals surface area contributed by atoms with Crippen molar-refractivity contribution < 1.29 is 13.9 Å². The molecule has 0 radical (unpaired) electrons. The van der Waals surface area contributed by atoms with E-state index in [9.17, 15) is 9.18 Å². The van der Waals surface area contributed by atoms with Crippen molar-refractivity contribution in [3.8, 4) is 5.75 Å². The Morgan fingerprint density at radius 1 is 1.41 bits per heavy atom. The highest BCUT2D eigenvalue weighted by Gasteiger charge is 2.12. The second kappa shape index (κ2) is 7.70. The summed E-state index contributed by atoms with van der Waals surface area (Å²) in [5.41, 5.74) is 0.415. The molecule has 1 heterocycles. The van der Waals surface area contributed by atoms with Crippen LogP contribution in [0.3, 0.4) is 0 Å². The Balaban J connectivity index is 1.95. The van der Waals surface area contributed by atoms with E-state index in [1.54, 1.807) is 30.5 Å². The highest BCUT2D eigenvalue weighted by Crippen LogP contribution is 2.14. The number of carbonyl (C=O) groups excluding carboxylic acids is 1. The minimum Gasteiger partial charge on any atom is -0.489 e. The molecule has 0 saturated heterocycles. The molecule has 4 nitrogen and oxygen atoms in total. The SMILES string of the molecule is CCC(CNC(=O)c1ccc[nH]c1=S)Oc1cccc(F)c1. The second-order valence-corrected chi connectivity index (χ2v) is 5.14. The van der Waals surface area contributed by atoms with Crippen LogP contribution >= 0.6 is 12.2 Å². The van der Waals surface area contributed by atoms with Gasteiger partial charge in [-0.25, -0.2) is 4.39 Å². The Labute approximate surface area is 133 Å². The van der Waals surface area contributed by atoms with Crippen molar-refractivity contribution in [3.05, 3.63) is 58.6 Å². The van der Waals surface area contributed by atoms with Gasteiger partial charge in [-0.3, -0.25) is 4.79 Å². The third-order valence-corrected chi connectivity index (χ3v) is 3.45. The molecule has 1 atom stereocenters. The van der Waals surface area contributed by atoms with Crippen molar-refractivity contribution in [1.29, 1.82) is 0 Å². The fourth-order valence-corrected chi connectivity index (χ4v) is 2.13. The zero-order chi connectivity index (χ0) is 15.9. The Hall–Kier alpha value is -2.21. The summed E-state index contributed by atoms with van der Waals surface area (Å²) in [7, 11) is 0. The maximum absolute atomic E-state index is 13.1. The first-order chi connectivity index (χ1) is 10.6. The standard InChI is InChI=1S/C16H17FN2O2S/c1-2-12(21-13-6-3-5-11(17)9-13)10-19-15(20)14-7-4-8-18-16(14)22/h3-9,12H,2,10H2,1H3,(H,18,22)(H,19,20). The van der Waals surface area contributed by atoms with Crippen LogP contribution in [0.5, 0.6) is 5.75 Å². The molecule has 0 aliphatic carbocycles. The number of H-pyrrole nitrogens is 1. The molecular weight excluding hydrogens is 303 g/mol. The molecule has 0 bridgehead atoms. The topological polar surface area (TPSA) is 54.1 Å². The van der Waals surface area contributed by atoms with Crippen LogP contribution in [0, 0.1) is 10.5 Å². The molecule has 0 aliphatic rings. The summed E-state index contributed by atoms with van der Waals surface area (Å²) in [6.07, 6.45) is 2.10. The van der Waals surface area contributed by atoms with Crippen LogP contribution in [0.4, 0.5) is 4.39 Å². The van der Waals surface area contributed by atoms with Crippen molar-refractivity contribution in [1.82, 2.24) is 10.3 Å². The number of aromatic amines is 1. The summed E-state index contributed by atoms with van der Waals surface area (Å²) in [6, 6.07) is 9.30. The van der Waals surface area contributed by atoms with E-state index in [0.717, 1.165) is 0 Å². The number of halogens is 1. The van der Waals surface area contributed by atoms with Crippen LogP contribution in [0.1, 0.15) is 23.7 Å². The molecule has 1 unspecified atom stereocenters. The fourth-order valence-electron chi connectivity index (χ4n) is 1.90. The van der Waals surface area contributed by atoms with Crippen molar-refractivity contribution in [2.24, 2.45) is 0 Å². The van der Waals surface area contributed by atoms with Crippen molar-refractivity contribution in [2.75, 3.05) is 6.54 Å². The minimum atomic E-state index is -0.355. The molecule has 1 amide bonds. The van der Waals surface area contributed by atoms with Gasteiger partial charge in [0.1, 0.15) is 22.3 Å². The van der Waals surface area contributed by atoms with Gasteiger partial charge >= 0.3 is 0 Å². The third kappa shape index (κ3) is 4.39. The van der Waals surface area contributed by atoms with E-state index in [0.29, 0.717) is 28.9 Å². The number of nitrogens with one attached hydrogen (secondary N) is 2. The number of hydrogen-bond donors (Lipinski definition) is 2. The lowest BCUT2D eigenvalue weighted by Gasteiger charge is -2.18. The smallest absolute Gasteiger partial charge is 0.254 e. The molecule has 2 aromatic rings. The number of pyridine rings is 1. The summed E-state index contributed by atoms with van der Waals surface area (Å²) in [5, 5.41) is 2.78. The summed E-state index contributed by atoms with van der Waals surface area (Å²) >= 11 is 5.07. The average Bonchev–Trinajstić information content (AvgIpc) is 2.51. The van der Waals surface area contributed by atoms with Crippen LogP contribution in [-0.4, -0.2) is 23.5 Å². The summed E-state index contributed by atoms with van der Waals surface area (Å²) < 4.78 is 19.2. The molecule has 2 N–H and O–H groups in total. The van der Waals surface area contributed by atoms with Gasteiger partial charge in [0.2, 0.25) is 0 Å². The highest BCUT2D eigenvalue weighted by atomic mass is 32.1. The number of ether oxygens (including phenoxy) is 1. The Bertz CT molecular complexity index is 702. The van der Waals surface area contributed by atoms with Gasteiger partial charge in [-0.2, -0.15) is 0 Å². The lowest BCUT2D eigenvalue weighted by atomic mass is 10.2. The van der Waals surface area contributed by atoms with Gasteiger partial charge in [-0.1, -0.05) is 25.2 Å². The molecule has 1 aromatic heterocycles. The first-order valence-corrected chi connectivity index (χ1v) is 7.39. The number of amides is 1. The fraction of sp³-hybridized carbons (Fsp3) is 0.250. The van der Waals surface area contributed by atoms with E-state index in [2.05, 4.69) is 10.3 Å². The molecule has 22 heavy (non-hydrogen) atoms. The number of hydrogen-bond acceptors (Lipinski definition) is 3. The van der Waals surface area contributed by atoms with Crippen LogP contribution < -0.4 is 10.1 Å². The van der Waals surface area contributed by atoms with E-state index >= 15 is 0 Å². The van der Waals surface area contributed by atoms with Gasteiger partial charge in [0.05, 0.1) is 12.1 Å². The van der Waals surface area contributed by atoms with E-state index in [1.807, 2.05) is 6.92 Å². The second-order valence-electron chi connectivity index (χ2n) is 4.73. The molecule has 2 rings (SSSR count). The van der Waals surface area contributed by atoms with E-state index in [4.69, 9.17) is 17.0 Å². The number of carbonyl (C=O) groups is 1. The minimum absolute atomic E-state index is 0.244. The molecular formula is C16H17FN2O2S. The first kappa shape index (κ1) is 16.2. The van der Waals surface area contributed by atoms with Crippen LogP contribution in [0.2, 0.25) is 0 Å². The van der Waals surface area contributed by atoms with Crippen molar-refractivity contribution in [3.63, 3.8) is 0 Å². The lowest BCUT2D eigenvalue weighted by Crippen LogP contribution is -2.35. The largest absolute Gasteiger partial charge is 0.489 e. The highest BCUT2D eigenvalue weighted by molar-refractivity contribution is 7.71. The van der Waals surface area contributed by atoms with Gasteiger partial charge in [-0.15, -0.1) is 0 Å². The number of aromatic nitrogens is 1. The Kier molecular flexibility index (Phi) is 5.66. The van der Waals surface area contributed by atoms with E-state index in [-0.39, 0.29) is 17.8 Å². The van der Waals surface area contributed by atoms with Crippen LogP contribution in [-0.2, 0) is 0 Å². The normalized spacial score (nSPS) is 11.7. The maximum atomic E-state index is 13.1. The maximum Gasteiger partial charge on any atom is 0.254 e. The molecule has 0 fully saturated rings. The molecule has 0 saturated carbocycles.